The highest BCUT2D eigenvalue weighted by molar-refractivity contribution is 5.85. The number of benzene rings is 1. The Kier molecular flexibility index (Phi) is 6.34. The van der Waals surface area contributed by atoms with Crippen LogP contribution < -0.4 is 10.5 Å². The predicted octanol–water partition coefficient (Wildman–Crippen LogP) is 2.40. The summed E-state index contributed by atoms with van der Waals surface area (Å²) < 4.78 is 5.56. The molecule has 2 N–H and O–H groups in total. The van der Waals surface area contributed by atoms with Gasteiger partial charge < -0.3 is 10.5 Å². The zero-order valence-corrected chi connectivity index (χ0v) is 9.51. The molecule has 1 aromatic carbocycles. The molecule has 2 nitrogen and oxygen atoms in total. The van der Waals surface area contributed by atoms with Crippen LogP contribution in [0.5, 0.6) is 5.75 Å². The van der Waals surface area contributed by atoms with Gasteiger partial charge in [-0.05, 0) is 44.5 Å². The Bertz CT molecular complexity index is 263. The standard InChI is InChI=1S/C11H17NO.ClH/c1-9(2)13-11-5-3-4-10(8-11)6-7-12;/h3-5,8-9H,6-7,12H2,1-2H3;1H. The molecule has 0 saturated carbocycles. The number of nitrogens with two attached hydrogens (primary N) is 1. The lowest BCUT2D eigenvalue weighted by atomic mass is 10.1. The van der Waals surface area contributed by atoms with Crippen molar-refractivity contribution in [2.45, 2.75) is 26.4 Å². The molecule has 3 heteroatoms. The van der Waals surface area contributed by atoms with E-state index in [0.29, 0.717) is 6.54 Å². The van der Waals surface area contributed by atoms with Crippen LogP contribution in [0.3, 0.4) is 0 Å². The van der Waals surface area contributed by atoms with Crippen molar-refractivity contribution in [3.05, 3.63) is 29.8 Å². The highest BCUT2D eigenvalue weighted by Gasteiger charge is 1.98. The van der Waals surface area contributed by atoms with Crippen LogP contribution in [-0.4, -0.2) is 12.6 Å². The van der Waals surface area contributed by atoms with E-state index < -0.39 is 0 Å². The molecule has 0 heterocycles. The Balaban J connectivity index is 0.00000169. The van der Waals surface area contributed by atoms with Crippen LogP contribution in [0.4, 0.5) is 0 Å². The highest BCUT2D eigenvalue weighted by Crippen LogP contribution is 2.14. The Morgan fingerprint density at radius 3 is 2.64 bits per heavy atom. The van der Waals surface area contributed by atoms with E-state index >= 15 is 0 Å². The monoisotopic (exact) mass is 215 g/mol. The number of rotatable bonds is 4. The summed E-state index contributed by atoms with van der Waals surface area (Å²) in [4.78, 5) is 0. The molecule has 1 aromatic rings. The molecule has 0 spiro atoms. The van der Waals surface area contributed by atoms with Crippen LogP contribution in [0, 0.1) is 0 Å². The van der Waals surface area contributed by atoms with Gasteiger partial charge >= 0.3 is 0 Å². The van der Waals surface area contributed by atoms with Gasteiger partial charge in [-0.1, -0.05) is 12.1 Å². The van der Waals surface area contributed by atoms with Gasteiger partial charge in [-0.15, -0.1) is 12.4 Å². The molecule has 0 unspecified atom stereocenters. The molecular weight excluding hydrogens is 198 g/mol. The number of hydrogen-bond donors (Lipinski definition) is 1. The lowest BCUT2D eigenvalue weighted by Crippen LogP contribution is -2.06. The maximum atomic E-state index is 5.56. The number of ether oxygens (including phenoxy) is 1. The van der Waals surface area contributed by atoms with Gasteiger partial charge in [-0.25, -0.2) is 0 Å². The molecule has 0 bridgehead atoms. The SMILES string of the molecule is CC(C)Oc1cccc(CCN)c1.Cl. The topological polar surface area (TPSA) is 35.2 Å². The van der Waals surface area contributed by atoms with Crippen molar-refractivity contribution in [2.24, 2.45) is 5.73 Å². The second kappa shape index (κ2) is 6.68. The van der Waals surface area contributed by atoms with Gasteiger partial charge in [0.1, 0.15) is 5.75 Å². The third-order valence-corrected chi connectivity index (χ3v) is 1.70. The Hall–Kier alpha value is -0.730. The highest BCUT2D eigenvalue weighted by atomic mass is 35.5. The predicted molar refractivity (Wildman–Crippen MR) is 62.2 cm³/mol. The summed E-state index contributed by atoms with van der Waals surface area (Å²) in [7, 11) is 0. The van der Waals surface area contributed by atoms with E-state index in [1.807, 2.05) is 32.0 Å². The first-order chi connectivity index (χ1) is 6.22. The molecule has 0 fully saturated rings. The van der Waals surface area contributed by atoms with Gasteiger partial charge in [0.15, 0.2) is 0 Å². The van der Waals surface area contributed by atoms with Crippen LogP contribution in [-0.2, 0) is 6.42 Å². The van der Waals surface area contributed by atoms with Gasteiger partial charge in [-0.3, -0.25) is 0 Å². The van der Waals surface area contributed by atoms with Gasteiger partial charge in [0, 0.05) is 0 Å². The normalized spacial score (nSPS) is 9.71. The van der Waals surface area contributed by atoms with E-state index in [1.54, 1.807) is 0 Å². The lowest BCUT2D eigenvalue weighted by Gasteiger charge is -2.10. The molecule has 0 aliphatic carbocycles. The van der Waals surface area contributed by atoms with Crippen molar-refractivity contribution in [1.82, 2.24) is 0 Å². The van der Waals surface area contributed by atoms with Crippen molar-refractivity contribution >= 4 is 12.4 Å². The minimum atomic E-state index is 0. The first-order valence-electron chi connectivity index (χ1n) is 4.68. The maximum absolute atomic E-state index is 5.56. The van der Waals surface area contributed by atoms with E-state index in [-0.39, 0.29) is 18.5 Å². The average molecular weight is 216 g/mol. The van der Waals surface area contributed by atoms with Crippen molar-refractivity contribution in [3.8, 4) is 5.75 Å². The molecule has 0 aliphatic rings. The summed E-state index contributed by atoms with van der Waals surface area (Å²) in [5, 5.41) is 0. The Morgan fingerprint density at radius 2 is 2.07 bits per heavy atom. The molecule has 1 rings (SSSR count). The smallest absolute Gasteiger partial charge is 0.119 e. The zero-order chi connectivity index (χ0) is 9.68. The molecule has 0 aromatic heterocycles. The molecule has 0 atom stereocenters. The van der Waals surface area contributed by atoms with E-state index in [4.69, 9.17) is 10.5 Å². The number of hydrogen-bond acceptors (Lipinski definition) is 2. The summed E-state index contributed by atoms with van der Waals surface area (Å²) in [6, 6.07) is 8.09. The van der Waals surface area contributed by atoms with E-state index in [0.717, 1.165) is 12.2 Å². The molecule has 14 heavy (non-hydrogen) atoms. The van der Waals surface area contributed by atoms with E-state index in [9.17, 15) is 0 Å². The summed E-state index contributed by atoms with van der Waals surface area (Å²) in [6.45, 7) is 4.73. The molecular formula is C11H18ClNO. The van der Waals surface area contributed by atoms with Crippen LogP contribution in [0.15, 0.2) is 24.3 Å². The number of halogens is 1. The van der Waals surface area contributed by atoms with Gasteiger partial charge in [-0.2, -0.15) is 0 Å². The Morgan fingerprint density at radius 1 is 1.36 bits per heavy atom. The van der Waals surface area contributed by atoms with Gasteiger partial charge in [0.2, 0.25) is 0 Å². The van der Waals surface area contributed by atoms with Gasteiger partial charge in [0.05, 0.1) is 6.10 Å². The summed E-state index contributed by atoms with van der Waals surface area (Å²) in [5.41, 5.74) is 6.71. The lowest BCUT2D eigenvalue weighted by molar-refractivity contribution is 0.242. The molecule has 0 radical (unpaired) electrons. The third kappa shape index (κ3) is 4.49. The summed E-state index contributed by atoms with van der Waals surface area (Å²) in [5.74, 6) is 0.931. The molecule has 80 valence electrons. The zero-order valence-electron chi connectivity index (χ0n) is 8.69. The summed E-state index contributed by atoms with van der Waals surface area (Å²) in [6.07, 6.45) is 1.14. The molecule has 0 saturated heterocycles. The molecule has 0 amide bonds. The van der Waals surface area contributed by atoms with Crippen molar-refractivity contribution in [1.29, 1.82) is 0 Å². The maximum Gasteiger partial charge on any atom is 0.119 e. The van der Waals surface area contributed by atoms with Crippen LogP contribution in [0.1, 0.15) is 19.4 Å². The van der Waals surface area contributed by atoms with Crippen LogP contribution in [0.2, 0.25) is 0 Å². The minimum absolute atomic E-state index is 0. The fourth-order valence-electron chi connectivity index (χ4n) is 1.21. The second-order valence-electron chi connectivity index (χ2n) is 3.35. The fraction of sp³-hybridized carbons (Fsp3) is 0.455. The Labute approximate surface area is 91.9 Å². The quantitative estimate of drug-likeness (QED) is 0.837. The third-order valence-electron chi connectivity index (χ3n) is 1.70. The van der Waals surface area contributed by atoms with Gasteiger partial charge in [0.25, 0.3) is 0 Å². The van der Waals surface area contributed by atoms with Crippen molar-refractivity contribution < 1.29 is 4.74 Å². The van der Waals surface area contributed by atoms with Crippen molar-refractivity contribution in [2.75, 3.05) is 6.54 Å². The van der Waals surface area contributed by atoms with Crippen molar-refractivity contribution in [3.63, 3.8) is 0 Å². The van der Waals surface area contributed by atoms with E-state index in [2.05, 4.69) is 6.07 Å². The second-order valence-corrected chi connectivity index (χ2v) is 3.35. The minimum Gasteiger partial charge on any atom is -0.491 e. The first kappa shape index (κ1) is 13.3. The first-order valence-corrected chi connectivity index (χ1v) is 4.68. The molecule has 0 aliphatic heterocycles. The van der Waals surface area contributed by atoms with E-state index in [1.165, 1.54) is 5.56 Å². The van der Waals surface area contributed by atoms with Crippen LogP contribution >= 0.6 is 12.4 Å². The summed E-state index contributed by atoms with van der Waals surface area (Å²) >= 11 is 0. The van der Waals surface area contributed by atoms with Crippen LogP contribution in [0.25, 0.3) is 0 Å². The largest absolute Gasteiger partial charge is 0.491 e. The fourth-order valence-corrected chi connectivity index (χ4v) is 1.21. The average Bonchev–Trinajstić information content (AvgIpc) is 2.04.